The molecule has 1 amide bonds. The second-order valence-corrected chi connectivity index (χ2v) is 8.71. The van der Waals surface area contributed by atoms with Gasteiger partial charge in [-0.1, -0.05) is 66.7 Å². The smallest absolute Gasteiger partial charge is 0.292 e. The number of hydrogen-bond acceptors (Lipinski definition) is 7. The molecule has 0 saturated carbocycles. The topological polar surface area (TPSA) is 68.6 Å². The molecule has 1 atom stereocenters. The Bertz CT molecular complexity index is 1260. The summed E-state index contributed by atoms with van der Waals surface area (Å²) >= 11 is 1.21. The summed E-state index contributed by atoms with van der Waals surface area (Å²) in [6.07, 6.45) is 0. The van der Waals surface area contributed by atoms with Crippen LogP contribution in [0.5, 0.6) is 0 Å². The van der Waals surface area contributed by atoms with Gasteiger partial charge in [-0.25, -0.2) is 5.01 Å². The number of amides is 1. The highest BCUT2D eigenvalue weighted by molar-refractivity contribution is 8.17. The molecule has 2 aliphatic heterocycles. The number of nitrogens with zero attached hydrogens (tertiary/aromatic N) is 5. The Labute approximate surface area is 196 Å². The molecule has 3 aromatic carbocycles. The zero-order chi connectivity index (χ0) is 23.0. The number of Topliss-reactive ketones (excluding diaryl/α,β-unsaturated/α-hetero) is 1. The molecule has 5 rings (SSSR count). The summed E-state index contributed by atoms with van der Waals surface area (Å²) in [4.78, 5) is 27.5. The van der Waals surface area contributed by atoms with E-state index in [1.165, 1.54) is 30.6 Å². The van der Waals surface area contributed by atoms with Crippen LogP contribution < -0.4 is 9.91 Å². The highest BCUT2D eigenvalue weighted by Crippen LogP contribution is 2.51. The number of hydrogen-bond donors (Lipinski definition) is 0. The largest absolute Gasteiger partial charge is 0.296 e. The van der Waals surface area contributed by atoms with Crippen LogP contribution in [0, 0.1) is 0 Å². The number of hydrazone groups is 2. The monoisotopic (exact) mass is 455 g/mol. The molecule has 8 heteroatoms. The number of rotatable bonds is 4. The first kappa shape index (κ1) is 21.0. The van der Waals surface area contributed by atoms with Crippen LogP contribution in [0.15, 0.2) is 101 Å². The highest BCUT2D eigenvalue weighted by atomic mass is 32.2. The van der Waals surface area contributed by atoms with Gasteiger partial charge in [0.05, 0.1) is 5.69 Å². The van der Waals surface area contributed by atoms with Crippen molar-refractivity contribution in [1.29, 1.82) is 0 Å². The third-order valence-corrected chi connectivity index (χ3v) is 6.69. The van der Waals surface area contributed by atoms with Gasteiger partial charge < -0.3 is 0 Å². The molecule has 0 fully saturated rings. The van der Waals surface area contributed by atoms with Gasteiger partial charge in [-0.2, -0.15) is 10.1 Å². The first-order valence-electron chi connectivity index (χ1n) is 10.5. The van der Waals surface area contributed by atoms with E-state index in [2.05, 4.69) is 5.10 Å². The molecule has 1 spiro atoms. The minimum absolute atomic E-state index is 0.178. The number of carbonyl (C=O) groups is 2. The molecule has 0 bridgehead atoms. The Hall–Kier alpha value is -3.91. The number of carbonyl (C=O) groups excluding carboxylic acids is 2. The molecule has 2 aliphatic rings. The SMILES string of the molecule is CC(=O)C1=NN(c2ccccc2)[C@]2(S1)N(C(C)=O)N=C(c1ccccc1)N2c1ccccc1. The molecular weight excluding hydrogens is 434 g/mol. The fourth-order valence-corrected chi connectivity index (χ4v) is 5.21. The summed E-state index contributed by atoms with van der Waals surface area (Å²) in [7, 11) is 0. The Morgan fingerprint density at radius 1 is 0.758 bits per heavy atom. The number of para-hydroxylation sites is 2. The lowest BCUT2D eigenvalue weighted by Gasteiger charge is -2.44. The van der Waals surface area contributed by atoms with E-state index >= 15 is 0 Å². The van der Waals surface area contributed by atoms with Crippen molar-refractivity contribution in [2.24, 2.45) is 10.2 Å². The van der Waals surface area contributed by atoms with Gasteiger partial charge in [0.15, 0.2) is 16.7 Å². The molecular formula is C25H21N5O2S. The van der Waals surface area contributed by atoms with Crippen molar-refractivity contribution in [1.82, 2.24) is 5.01 Å². The maximum atomic E-state index is 13.0. The number of ketones is 1. The summed E-state index contributed by atoms with van der Waals surface area (Å²) < 4.78 is 0. The van der Waals surface area contributed by atoms with Gasteiger partial charge >= 0.3 is 0 Å². The summed E-state index contributed by atoms with van der Waals surface area (Å²) in [5.41, 5.74) is 2.39. The average molecular weight is 456 g/mol. The summed E-state index contributed by atoms with van der Waals surface area (Å²) in [5.74, 6) is 0.142. The van der Waals surface area contributed by atoms with Crippen LogP contribution >= 0.6 is 11.8 Å². The predicted octanol–water partition coefficient (Wildman–Crippen LogP) is 4.48. The van der Waals surface area contributed by atoms with Crippen LogP contribution in [-0.4, -0.2) is 32.7 Å². The number of anilines is 2. The molecule has 2 heterocycles. The Kier molecular flexibility index (Phi) is 5.22. The standard InChI is InChI=1S/C25H21N5O2S/c1-18(31)24-27-30(22-16-10-5-11-17-22)25(33-24)28(21-14-8-4-9-15-21)23(26-29(25)19(2)32)20-12-6-3-7-13-20/h3-17H,1-2H3/t25-/m1/s1. The summed E-state index contributed by atoms with van der Waals surface area (Å²) in [6, 6.07) is 28.9. The van der Waals surface area contributed by atoms with Gasteiger partial charge in [-0.15, -0.1) is 5.10 Å². The normalized spacial score (nSPS) is 19.6. The van der Waals surface area contributed by atoms with E-state index < -0.39 is 5.12 Å². The third kappa shape index (κ3) is 3.39. The van der Waals surface area contributed by atoms with E-state index in [1.54, 1.807) is 5.01 Å². The van der Waals surface area contributed by atoms with E-state index in [9.17, 15) is 9.59 Å². The Morgan fingerprint density at radius 3 is 1.85 bits per heavy atom. The van der Waals surface area contributed by atoms with Gasteiger partial charge in [0, 0.05) is 25.1 Å². The maximum absolute atomic E-state index is 13.0. The lowest BCUT2D eigenvalue weighted by Crippen LogP contribution is -2.63. The van der Waals surface area contributed by atoms with Crippen molar-refractivity contribution in [3.63, 3.8) is 0 Å². The zero-order valence-electron chi connectivity index (χ0n) is 18.1. The van der Waals surface area contributed by atoms with Crippen LogP contribution in [-0.2, 0) is 9.59 Å². The van der Waals surface area contributed by atoms with Crippen molar-refractivity contribution < 1.29 is 9.59 Å². The number of amidine groups is 1. The second-order valence-electron chi connectivity index (χ2n) is 7.58. The lowest BCUT2D eigenvalue weighted by molar-refractivity contribution is -0.131. The van der Waals surface area contributed by atoms with Crippen molar-refractivity contribution in [3.8, 4) is 0 Å². The minimum Gasteiger partial charge on any atom is -0.292 e. The van der Waals surface area contributed by atoms with Gasteiger partial charge in [-0.3, -0.25) is 14.5 Å². The van der Waals surface area contributed by atoms with Crippen molar-refractivity contribution in [2.45, 2.75) is 19.0 Å². The van der Waals surface area contributed by atoms with E-state index in [0.717, 1.165) is 16.9 Å². The van der Waals surface area contributed by atoms with Crippen LogP contribution in [0.2, 0.25) is 0 Å². The van der Waals surface area contributed by atoms with E-state index in [-0.39, 0.29) is 11.7 Å². The molecule has 0 unspecified atom stereocenters. The molecule has 0 N–H and O–H groups in total. The van der Waals surface area contributed by atoms with E-state index in [4.69, 9.17) is 5.10 Å². The average Bonchev–Trinajstić information content (AvgIpc) is 3.40. The first-order valence-corrected chi connectivity index (χ1v) is 11.3. The van der Waals surface area contributed by atoms with E-state index in [0.29, 0.717) is 10.9 Å². The van der Waals surface area contributed by atoms with Gasteiger partial charge in [-0.05, 0) is 36.0 Å². The quantitative estimate of drug-likeness (QED) is 0.580. The van der Waals surface area contributed by atoms with Crippen LogP contribution in [0.4, 0.5) is 11.4 Å². The number of benzene rings is 3. The minimum atomic E-state index is -1.26. The van der Waals surface area contributed by atoms with Crippen LogP contribution in [0.3, 0.4) is 0 Å². The molecule has 7 nitrogen and oxygen atoms in total. The first-order chi connectivity index (χ1) is 16.0. The van der Waals surface area contributed by atoms with Gasteiger partial charge in [0.1, 0.15) is 0 Å². The molecule has 0 aromatic heterocycles. The zero-order valence-corrected chi connectivity index (χ0v) is 18.9. The fraction of sp³-hybridized carbons (Fsp3) is 0.120. The molecule has 164 valence electrons. The predicted molar refractivity (Wildman–Crippen MR) is 132 cm³/mol. The molecule has 0 saturated heterocycles. The molecule has 0 radical (unpaired) electrons. The van der Waals surface area contributed by atoms with Crippen molar-refractivity contribution in [2.75, 3.05) is 9.91 Å². The maximum Gasteiger partial charge on any atom is 0.296 e. The fourth-order valence-electron chi connectivity index (χ4n) is 3.91. The van der Waals surface area contributed by atoms with Crippen molar-refractivity contribution in [3.05, 3.63) is 96.6 Å². The molecule has 3 aromatic rings. The van der Waals surface area contributed by atoms with Crippen LogP contribution in [0.25, 0.3) is 0 Å². The Morgan fingerprint density at radius 2 is 1.30 bits per heavy atom. The molecule has 0 aliphatic carbocycles. The van der Waals surface area contributed by atoms with Gasteiger partial charge in [0.25, 0.3) is 5.12 Å². The van der Waals surface area contributed by atoms with Gasteiger partial charge in [0.2, 0.25) is 5.91 Å². The molecule has 33 heavy (non-hydrogen) atoms. The third-order valence-electron chi connectivity index (χ3n) is 5.32. The summed E-state index contributed by atoms with van der Waals surface area (Å²) in [6.45, 7) is 2.95. The number of thioether (sulfide) groups is 1. The Balaban J connectivity index is 1.79. The lowest BCUT2D eigenvalue weighted by atomic mass is 10.1. The van der Waals surface area contributed by atoms with E-state index in [1.807, 2.05) is 95.9 Å². The second kappa shape index (κ2) is 8.22. The van der Waals surface area contributed by atoms with Crippen LogP contribution in [0.1, 0.15) is 19.4 Å². The summed E-state index contributed by atoms with van der Waals surface area (Å²) in [5, 5.41) is 11.6. The highest BCUT2D eigenvalue weighted by Gasteiger charge is 2.61. The van der Waals surface area contributed by atoms with Crippen molar-refractivity contribution >= 4 is 45.7 Å².